The molecule has 0 aliphatic carbocycles. The molecule has 0 spiro atoms. The molecule has 6 nitrogen and oxygen atoms in total. The number of hydrogen-bond donors (Lipinski definition) is 2. The summed E-state index contributed by atoms with van der Waals surface area (Å²) in [6.45, 7) is 0. The summed E-state index contributed by atoms with van der Waals surface area (Å²) < 4.78 is 46.1. The van der Waals surface area contributed by atoms with E-state index in [1.165, 1.54) is 12.1 Å². The number of nitrogens with one attached hydrogen (secondary N) is 1. The Morgan fingerprint density at radius 1 is 1.06 bits per heavy atom. The third-order valence-corrected chi connectivity index (χ3v) is 4.51. The van der Waals surface area contributed by atoms with Crippen molar-refractivity contribution >= 4 is 28.4 Å². The fourth-order valence-electron chi connectivity index (χ4n) is 3.22. The van der Waals surface area contributed by atoms with Gasteiger partial charge in [-0.1, -0.05) is 47.6 Å². The third kappa shape index (κ3) is 4.77. The zero-order valence-corrected chi connectivity index (χ0v) is 15.9. The maximum atomic E-state index is 12.3. The maximum absolute atomic E-state index is 12.3. The lowest BCUT2D eigenvalue weighted by Crippen LogP contribution is -2.18. The predicted octanol–water partition coefficient (Wildman–Crippen LogP) is 5.16. The number of nitrogen functional groups attached to an aromatic ring is 1. The van der Waals surface area contributed by atoms with Crippen LogP contribution < -0.4 is 15.8 Å². The van der Waals surface area contributed by atoms with E-state index in [4.69, 9.17) is 10.3 Å². The van der Waals surface area contributed by atoms with Gasteiger partial charge in [-0.3, -0.25) is 4.79 Å². The number of nitrogens with two attached hydrogens (primary N) is 1. The SMILES string of the molecule is Nc1noc2cccc(-c3ccc(CC(=O)Nc4cccc(OC(F)(F)F)c4)cc3)c12. The fourth-order valence-corrected chi connectivity index (χ4v) is 3.22. The molecule has 0 atom stereocenters. The Labute approximate surface area is 174 Å². The molecule has 9 heteroatoms. The number of carbonyl (C=O) groups is 1. The van der Waals surface area contributed by atoms with Gasteiger partial charge in [0.1, 0.15) is 5.75 Å². The largest absolute Gasteiger partial charge is 0.573 e. The molecule has 0 aliphatic heterocycles. The van der Waals surface area contributed by atoms with Crippen molar-refractivity contribution in [3.63, 3.8) is 0 Å². The molecule has 31 heavy (non-hydrogen) atoms. The van der Waals surface area contributed by atoms with Crippen LogP contribution in [0.15, 0.2) is 71.3 Å². The van der Waals surface area contributed by atoms with Gasteiger partial charge in [0, 0.05) is 11.8 Å². The standard InChI is InChI=1S/C22H16F3N3O3/c23-22(24,25)30-16-4-1-3-15(12-16)27-19(29)11-13-7-9-14(10-8-13)17-5-2-6-18-20(17)21(26)28-31-18/h1-10,12H,11H2,(H2,26,28)(H,27,29). The number of benzene rings is 3. The number of amides is 1. The van der Waals surface area contributed by atoms with Gasteiger partial charge >= 0.3 is 6.36 Å². The first-order valence-corrected chi connectivity index (χ1v) is 9.17. The molecule has 0 radical (unpaired) electrons. The molecule has 1 aromatic heterocycles. The van der Waals surface area contributed by atoms with Gasteiger partial charge in [0.25, 0.3) is 0 Å². The zero-order valence-electron chi connectivity index (χ0n) is 15.9. The van der Waals surface area contributed by atoms with Crippen LogP contribution in [-0.4, -0.2) is 17.4 Å². The van der Waals surface area contributed by atoms with Crippen LogP contribution in [-0.2, 0) is 11.2 Å². The van der Waals surface area contributed by atoms with E-state index in [1.54, 1.807) is 18.2 Å². The second-order valence-electron chi connectivity index (χ2n) is 6.74. The number of ether oxygens (including phenoxy) is 1. The molecule has 0 aliphatic rings. The first-order valence-electron chi connectivity index (χ1n) is 9.17. The minimum atomic E-state index is -4.80. The number of anilines is 2. The smallest absolute Gasteiger partial charge is 0.406 e. The fraction of sp³-hybridized carbons (Fsp3) is 0.0909. The molecule has 0 unspecified atom stereocenters. The number of halogens is 3. The van der Waals surface area contributed by atoms with Gasteiger partial charge in [-0.2, -0.15) is 0 Å². The van der Waals surface area contributed by atoms with Crippen LogP contribution in [0.25, 0.3) is 22.1 Å². The van der Waals surface area contributed by atoms with E-state index in [2.05, 4.69) is 15.2 Å². The first-order chi connectivity index (χ1) is 14.8. The normalized spacial score (nSPS) is 11.5. The highest BCUT2D eigenvalue weighted by atomic mass is 19.4. The van der Waals surface area contributed by atoms with Gasteiger partial charge < -0.3 is 20.3 Å². The maximum Gasteiger partial charge on any atom is 0.573 e. The summed E-state index contributed by atoms with van der Waals surface area (Å²) in [5, 5.41) is 7.07. The summed E-state index contributed by atoms with van der Waals surface area (Å²) in [6.07, 6.45) is -4.75. The van der Waals surface area contributed by atoms with Crippen molar-refractivity contribution in [3.8, 4) is 16.9 Å². The van der Waals surface area contributed by atoms with E-state index in [-0.39, 0.29) is 18.0 Å². The van der Waals surface area contributed by atoms with Crippen molar-refractivity contribution in [2.75, 3.05) is 11.1 Å². The summed E-state index contributed by atoms with van der Waals surface area (Å²) in [7, 11) is 0. The van der Waals surface area contributed by atoms with Crippen molar-refractivity contribution < 1.29 is 27.2 Å². The van der Waals surface area contributed by atoms with Gasteiger partial charge in [0.2, 0.25) is 5.91 Å². The molecule has 0 saturated carbocycles. The van der Waals surface area contributed by atoms with Crippen molar-refractivity contribution in [2.45, 2.75) is 12.8 Å². The summed E-state index contributed by atoms with van der Waals surface area (Å²) in [5.41, 5.74) is 9.15. The third-order valence-electron chi connectivity index (χ3n) is 4.51. The number of aromatic nitrogens is 1. The van der Waals surface area contributed by atoms with E-state index in [9.17, 15) is 18.0 Å². The molecular formula is C22H16F3N3O3. The van der Waals surface area contributed by atoms with Crippen molar-refractivity contribution in [1.82, 2.24) is 5.16 Å². The topological polar surface area (TPSA) is 90.4 Å². The van der Waals surface area contributed by atoms with Crippen molar-refractivity contribution in [3.05, 3.63) is 72.3 Å². The van der Waals surface area contributed by atoms with Crippen LogP contribution in [0.5, 0.6) is 5.75 Å². The van der Waals surface area contributed by atoms with E-state index >= 15 is 0 Å². The van der Waals surface area contributed by atoms with Crippen LogP contribution in [0.4, 0.5) is 24.7 Å². The van der Waals surface area contributed by atoms with E-state index < -0.39 is 12.1 Å². The van der Waals surface area contributed by atoms with Gasteiger partial charge in [-0.05, 0) is 34.9 Å². The molecule has 4 aromatic rings. The average molecular weight is 427 g/mol. The average Bonchev–Trinajstić information content (AvgIpc) is 3.09. The van der Waals surface area contributed by atoms with Gasteiger partial charge in [0.15, 0.2) is 11.4 Å². The molecular weight excluding hydrogens is 411 g/mol. The van der Waals surface area contributed by atoms with Gasteiger partial charge in [-0.25, -0.2) is 0 Å². The molecule has 3 N–H and O–H groups in total. The lowest BCUT2D eigenvalue weighted by molar-refractivity contribution is -0.274. The Bertz CT molecular complexity index is 1230. The molecule has 158 valence electrons. The first kappa shape index (κ1) is 20.3. The minimum Gasteiger partial charge on any atom is -0.406 e. The quantitative estimate of drug-likeness (QED) is 0.459. The summed E-state index contributed by atoms with van der Waals surface area (Å²) in [5.74, 6) is -0.482. The molecule has 0 fully saturated rings. The van der Waals surface area contributed by atoms with Gasteiger partial charge in [0.05, 0.1) is 11.8 Å². The summed E-state index contributed by atoms with van der Waals surface area (Å²) >= 11 is 0. The van der Waals surface area contributed by atoms with Crippen LogP contribution >= 0.6 is 0 Å². The highest BCUT2D eigenvalue weighted by molar-refractivity contribution is 6.00. The Morgan fingerprint density at radius 2 is 1.81 bits per heavy atom. The summed E-state index contributed by atoms with van der Waals surface area (Å²) in [4.78, 5) is 12.3. The second-order valence-corrected chi connectivity index (χ2v) is 6.74. The highest BCUT2D eigenvalue weighted by Gasteiger charge is 2.31. The van der Waals surface area contributed by atoms with Crippen LogP contribution in [0, 0.1) is 0 Å². The molecule has 0 bridgehead atoms. The number of fused-ring (bicyclic) bond motifs is 1. The molecule has 1 amide bonds. The summed E-state index contributed by atoms with van der Waals surface area (Å²) in [6, 6.07) is 17.9. The molecule has 3 aromatic carbocycles. The van der Waals surface area contributed by atoms with Crippen LogP contribution in [0.2, 0.25) is 0 Å². The molecule has 0 saturated heterocycles. The Balaban J connectivity index is 1.45. The Kier molecular flexibility index (Phi) is 5.24. The Morgan fingerprint density at radius 3 is 2.55 bits per heavy atom. The number of carbonyl (C=O) groups excluding carboxylic acids is 1. The van der Waals surface area contributed by atoms with E-state index in [1.807, 2.05) is 24.3 Å². The zero-order chi connectivity index (χ0) is 22.0. The number of nitrogens with zero attached hydrogens (tertiary/aromatic N) is 1. The van der Waals surface area contributed by atoms with Crippen molar-refractivity contribution in [1.29, 1.82) is 0 Å². The van der Waals surface area contributed by atoms with Gasteiger partial charge in [-0.15, -0.1) is 13.2 Å². The van der Waals surface area contributed by atoms with E-state index in [0.29, 0.717) is 16.8 Å². The van der Waals surface area contributed by atoms with Crippen molar-refractivity contribution in [2.24, 2.45) is 0 Å². The van der Waals surface area contributed by atoms with Crippen LogP contribution in [0.1, 0.15) is 5.56 Å². The lowest BCUT2D eigenvalue weighted by Gasteiger charge is -2.11. The molecule has 4 rings (SSSR count). The highest BCUT2D eigenvalue weighted by Crippen LogP contribution is 2.32. The monoisotopic (exact) mass is 427 g/mol. The number of alkyl halides is 3. The predicted molar refractivity (Wildman–Crippen MR) is 109 cm³/mol. The van der Waals surface area contributed by atoms with Crippen LogP contribution in [0.3, 0.4) is 0 Å². The lowest BCUT2D eigenvalue weighted by atomic mass is 9.99. The number of hydrogen-bond acceptors (Lipinski definition) is 5. The second kappa shape index (κ2) is 8.02. The van der Waals surface area contributed by atoms with E-state index in [0.717, 1.165) is 28.8 Å². The minimum absolute atomic E-state index is 0.0459. The molecule has 1 heterocycles. The number of rotatable bonds is 5. The Hall–Kier alpha value is -4.01.